The van der Waals surface area contributed by atoms with Crippen LogP contribution in [0.3, 0.4) is 0 Å². The number of carbonyl (C=O) groups excluding carboxylic acids is 2. The van der Waals surface area contributed by atoms with Gasteiger partial charge in [0.05, 0.1) is 13.2 Å². The molecule has 0 aromatic rings. The molecule has 1 fully saturated rings. The molecular weight excluding hydrogens is 725 g/mol. The third-order valence-electron chi connectivity index (χ3n) is 9.56. The van der Waals surface area contributed by atoms with Gasteiger partial charge in [-0.1, -0.05) is 138 Å². The molecule has 0 radical (unpaired) electrons. The van der Waals surface area contributed by atoms with Crippen molar-refractivity contribution in [1.82, 2.24) is 0 Å². The predicted octanol–water partition coefficient (Wildman–Crippen LogP) is 9.22. The number of rotatable bonds is 35. The summed E-state index contributed by atoms with van der Waals surface area (Å²) in [6, 6.07) is 0. The highest BCUT2D eigenvalue weighted by atomic mass is 16.7. The van der Waals surface area contributed by atoms with Crippen molar-refractivity contribution in [3.05, 3.63) is 72.9 Å². The molecule has 4 N–H and O–H groups in total. The quantitative estimate of drug-likeness (QED) is 0.0277. The summed E-state index contributed by atoms with van der Waals surface area (Å²) in [6.07, 6.45) is 39.0. The average Bonchev–Trinajstić information content (AvgIpc) is 3.21. The number of hydrogen-bond donors (Lipinski definition) is 4. The van der Waals surface area contributed by atoms with Crippen molar-refractivity contribution in [3.8, 4) is 0 Å². The summed E-state index contributed by atoms with van der Waals surface area (Å²) in [5.74, 6) is -0.847. The number of hydrogen-bond acceptors (Lipinski definition) is 10. The predicted molar refractivity (Wildman–Crippen MR) is 228 cm³/mol. The molecule has 1 rings (SSSR count). The number of aliphatic hydroxyl groups is 4. The fraction of sp³-hybridized carbons (Fsp3) is 0.702. The van der Waals surface area contributed by atoms with Gasteiger partial charge in [-0.25, -0.2) is 0 Å². The highest BCUT2D eigenvalue weighted by Gasteiger charge is 2.44. The van der Waals surface area contributed by atoms with Crippen molar-refractivity contribution in [2.24, 2.45) is 0 Å². The summed E-state index contributed by atoms with van der Waals surface area (Å²) in [5, 5.41) is 40.0. The van der Waals surface area contributed by atoms with Crippen molar-refractivity contribution in [2.75, 3.05) is 19.8 Å². The lowest BCUT2D eigenvalue weighted by atomic mass is 9.99. The fourth-order valence-corrected chi connectivity index (χ4v) is 6.10. The molecule has 10 heteroatoms. The van der Waals surface area contributed by atoms with Gasteiger partial charge >= 0.3 is 11.9 Å². The van der Waals surface area contributed by atoms with Crippen LogP contribution in [0.25, 0.3) is 0 Å². The molecule has 6 atom stereocenters. The van der Waals surface area contributed by atoms with Crippen molar-refractivity contribution in [2.45, 2.75) is 192 Å². The summed E-state index contributed by atoms with van der Waals surface area (Å²) in [4.78, 5) is 25.3. The van der Waals surface area contributed by atoms with Crippen LogP contribution < -0.4 is 0 Å². The summed E-state index contributed by atoms with van der Waals surface area (Å²) in [5.41, 5.74) is 0. The van der Waals surface area contributed by atoms with E-state index in [2.05, 4.69) is 86.8 Å². The molecule has 1 heterocycles. The van der Waals surface area contributed by atoms with E-state index in [0.717, 1.165) is 109 Å². The molecule has 6 unspecified atom stereocenters. The Bertz CT molecular complexity index is 1160. The van der Waals surface area contributed by atoms with Crippen LogP contribution in [-0.4, -0.2) is 89.0 Å². The summed E-state index contributed by atoms with van der Waals surface area (Å²) < 4.78 is 22.1. The van der Waals surface area contributed by atoms with Crippen LogP contribution >= 0.6 is 0 Å². The molecule has 0 aliphatic carbocycles. The Labute approximate surface area is 344 Å². The topological polar surface area (TPSA) is 152 Å². The Balaban J connectivity index is 2.36. The van der Waals surface area contributed by atoms with Gasteiger partial charge in [0.25, 0.3) is 0 Å². The molecular formula is C47H78O10. The standard InChI is InChI=1S/C47H78O10/c1-3-5-7-9-11-13-15-17-18-19-20-21-22-24-26-28-30-32-34-36-43(50)56-40(39-55-47-46(53)45(52)44(51)41(37-48)57-47)38-54-42(49)35-33-31-29-27-25-23-16-14-12-10-8-6-4-2/h5,7-8,10-11,13-14,16-18,20-21,40-41,44-48,51-53H,3-4,6,9,12,15,19,22-39H2,1-2H3/b7-5-,10-8-,13-11-,16-14-,18-17-,21-20-. The van der Waals surface area contributed by atoms with Crippen LogP contribution in [0, 0.1) is 0 Å². The minimum atomic E-state index is -1.60. The van der Waals surface area contributed by atoms with Gasteiger partial charge < -0.3 is 39.4 Å². The van der Waals surface area contributed by atoms with E-state index >= 15 is 0 Å². The van der Waals surface area contributed by atoms with E-state index in [1.54, 1.807) is 0 Å². The van der Waals surface area contributed by atoms with Gasteiger partial charge in [-0.2, -0.15) is 0 Å². The first-order valence-electron chi connectivity index (χ1n) is 22.0. The molecule has 0 aromatic carbocycles. The normalized spacial score (nSPS) is 21.0. The molecule has 0 amide bonds. The van der Waals surface area contributed by atoms with Crippen molar-refractivity contribution in [1.29, 1.82) is 0 Å². The average molecular weight is 803 g/mol. The van der Waals surface area contributed by atoms with Crippen molar-refractivity contribution in [3.63, 3.8) is 0 Å². The van der Waals surface area contributed by atoms with E-state index in [9.17, 15) is 30.0 Å². The number of unbranched alkanes of at least 4 members (excludes halogenated alkanes) is 12. The summed E-state index contributed by atoms with van der Waals surface area (Å²) >= 11 is 0. The zero-order valence-corrected chi connectivity index (χ0v) is 35.3. The van der Waals surface area contributed by atoms with Crippen LogP contribution in [0.15, 0.2) is 72.9 Å². The molecule has 57 heavy (non-hydrogen) atoms. The Hall–Kier alpha value is -2.86. The smallest absolute Gasteiger partial charge is 0.306 e. The Morgan fingerprint density at radius 2 is 1.04 bits per heavy atom. The maximum absolute atomic E-state index is 12.8. The fourth-order valence-electron chi connectivity index (χ4n) is 6.10. The van der Waals surface area contributed by atoms with E-state index < -0.39 is 55.4 Å². The van der Waals surface area contributed by atoms with Crippen LogP contribution in [-0.2, 0) is 28.5 Å². The van der Waals surface area contributed by atoms with Crippen molar-refractivity contribution >= 4 is 11.9 Å². The Morgan fingerprint density at radius 1 is 0.561 bits per heavy atom. The third-order valence-corrected chi connectivity index (χ3v) is 9.56. The molecule has 326 valence electrons. The van der Waals surface area contributed by atoms with Gasteiger partial charge in [-0.15, -0.1) is 0 Å². The highest BCUT2D eigenvalue weighted by molar-refractivity contribution is 5.70. The van der Waals surface area contributed by atoms with E-state index in [1.807, 2.05) is 0 Å². The second kappa shape index (κ2) is 37.4. The number of allylic oxidation sites excluding steroid dienone is 12. The number of carbonyl (C=O) groups is 2. The molecule has 0 spiro atoms. The second-order valence-electron chi connectivity index (χ2n) is 14.8. The molecule has 10 nitrogen and oxygen atoms in total. The molecule has 1 aliphatic heterocycles. The van der Waals surface area contributed by atoms with Crippen LogP contribution in [0.2, 0.25) is 0 Å². The Morgan fingerprint density at radius 3 is 1.56 bits per heavy atom. The van der Waals surface area contributed by atoms with Gasteiger partial charge in [0.1, 0.15) is 31.0 Å². The lowest BCUT2D eigenvalue weighted by Gasteiger charge is -2.39. The lowest BCUT2D eigenvalue weighted by molar-refractivity contribution is -0.305. The highest BCUT2D eigenvalue weighted by Crippen LogP contribution is 2.22. The first-order valence-corrected chi connectivity index (χ1v) is 22.0. The largest absolute Gasteiger partial charge is 0.462 e. The van der Waals surface area contributed by atoms with Gasteiger partial charge in [-0.05, 0) is 77.0 Å². The van der Waals surface area contributed by atoms with E-state index in [4.69, 9.17) is 18.9 Å². The number of ether oxygens (including phenoxy) is 4. The maximum atomic E-state index is 12.8. The molecule has 1 saturated heterocycles. The SMILES string of the molecule is CC/C=C\C/C=C\C/C=C\C/C=C\CCCCCCCCC(=O)OC(COC(=O)CCCCCCC/C=C\C/C=C\CCC)COC1OC(CO)C(O)C(O)C1O. The molecule has 0 aromatic heterocycles. The molecule has 0 saturated carbocycles. The monoisotopic (exact) mass is 803 g/mol. The second-order valence-corrected chi connectivity index (χ2v) is 14.8. The molecule has 1 aliphatic rings. The zero-order valence-electron chi connectivity index (χ0n) is 35.3. The summed E-state index contributed by atoms with van der Waals surface area (Å²) in [7, 11) is 0. The molecule has 0 bridgehead atoms. The summed E-state index contributed by atoms with van der Waals surface area (Å²) in [6.45, 7) is 3.20. The van der Waals surface area contributed by atoms with Gasteiger partial charge in [0.15, 0.2) is 12.4 Å². The number of esters is 2. The maximum Gasteiger partial charge on any atom is 0.306 e. The minimum absolute atomic E-state index is 0.207. The van der Waals surface area contributed by atoms with Crippen LogP contribution in [0.4, 0.5) is 0 Å². The van der Waals surface area contributed by atoms with Crippen LogP contribution in [0.5, 0.6) is 0 Å². The van der Waals surface area contributed by atoms with Gasteiger partial charge in [0, 0.05) is 12.8 Å². The third kappa shape index (κ3) is 29.1. The van der Waals surface area contributed by atoms with E-state index in [-0.39, 0.29) is 26.1 Å². The first kappa shape index (κ1) is 52.2. The Kier molecular flexibility index (Phi) is 34.2. The van der Waals surface area contributed by atoms with E-state index in [0.29, 0.717) is 12.8 Å². The van der Waals surface area contributed by atoms with Crippen molar-refractivity contribution < 1.29 is 49.0 Å². The van der Waals surface area contributed by atoms with Gasteiger partial charge in [0.2, 0.25) is 0 Å². The van der Waals surface area contributed by atoms with Gasteiger partial charge in [-0.3, -0.25) is 9.59 Å². The van der Waals surface area contributed by atoms with E-state index in [1.165, 1.54) is 6.42 Å². The first-order chi connectivity index (χ1) is 27.8. The lowest BCUT2D eigenvalue weighted by Crippen LogP contribution is -2.59. The number of aliphatic hydroxyl groups excluding tert-OH is 4. The minimum Gasteiger partial charge on any atom is -0.462 e. The van der Waals surface area contributed by atoms with Crippen LogP contribution in [0.1, 0.15) is 155 Å². The zero-order chi connectivity index (χ0) is 41.6.